The van der Waals surface area contributed by atoms with Crippen LogP contribution in [0.3, 0.4) is 0 Å². The molecule has 0 spiro atoms. The van der Waals surface area contributed by atoms with Crippen LogP contribution < -0.4 is 0 Å². The molecule has 2 rings (SSSR count). The van der Waals surface area contributed by atoms with Crippen LogP contribution in [-0.4, -0.2) is 9.92 Å². The lowest BCUT2D eigenvalue weighted by Gasteiger charge is -2.29. The molecule has 2 unspecified atom stereocenters. The van der Waals surface area contributed by atoms with Crippen molar-refractivity contribution >= 4 is 23.2 Å². The number of benzene rings is 1. The maximum atomic E-state index is 11.1. The van der Waals surface area contributed by atoms with Crippen molar-refractivity contribution < 1.29 is 4.92 Å². The molecule has 0 bridgehead atoms. The second-order valence-electron chi connectivity index (χ2n) is 4.09. The Morgan fingerprint density at radius 2 is 1.94 bits per heavy atom. The molecule has 0 heterocycles. The Hall–Kier alpha value is -1.06. The third kappa shape index (κ3) is 2.31. The average molecular weight is 272 g/mol. The predicted molar refractivity (Wildman–Crippen MR) is 68.1 cm³/mol. The van der Waals surface area contributed by atoms with Gasteiger partial charge in [0.2, 0.25) is 0 Å². The quantitative estimate of drug-likeness (QED) is 0.268. The van der Waals surface area contributed by atoms with Crippen molar-refractivity contribution in [1.82, 2.24) is 0 Å². The van der Waals surface area contributed by atoms with Gasteiger partial charge in [-0.25, -0.2) is 0 Å². The summed E-state index contributed by atoms with van der Waals surface area (Å²) < 4.78 is 0. The first-order valence-corrected chi connectivity index (χ1v) is 6.03. The molecule has 1 aromatic rings. The van der Waals surface area contributed by atoms with Gasteiger partial charge in [-0.3, -0.25) is 10.1 Å². The van der Waals surface area contributed by atoms with Crippen LogP contribution in [0, 0.1) is 10.1 Å². The number of alkyl halides is 1. The zero-order valence-corrected chi connectivity index (χ0v) is 10.5. The Labute approximate surface area is 109 Å². The van der Waals surface area contributed by atoms with Gasteiger partial charge in [0.05, 0.1) is 12.3 Å². The lowest BCUT2D eigenvalue weighted by atomic mass is 9.83. The van der Waals surface area contributed by atoms with E-state index in [9.17, 15) is 10.1 Å². The summed E-state index contributed by atoms with van der Waals surface area (Å²) in [6.07, 6.45) is 4.52. The highest BCUT2D eigenvalue weighted by Crippen LogP contribution is 2.43. The molecular weight excluding hydrogens is 261 g/mol. The van der Waals surface area contributed by atoms with E-state index in [0.717, 1.165) is 5.56 Å². The number of rotatable bonds is 2. The molecule has 0 aromatic heterocycles. The van der Waals surface area contributed by atoms with Gasteiger partial charge >= 0.3 is 5.00 Å². The molecule has 1 aliphatic carbocycles. The second-order valence-corrected chi connectivity index (χ2v) is 5.18. The standard InChI is InChI=1S/C12H11Cl2NO2/c13-10-6-4-9(5-7-10)11-3-1-2-8-12(11,14)15(16)17/h1-2,4-7,11H,3,8H2. The topological polar surface area (TPSA) is 43.1 Å². The number of allylic oxidation sites excluding steroid dienone is 1. The zero-order chi connectivity index (χ0) is 12.5. The summed E-state index contributed by atoms with van der Waals surface area (Å²) in [4.78, 5) is 9.31. The normalized spacial score (nSPS) is 28.0. The summed E-state index contributed by atoms with van der Waals surface area (Å²) in [6, 6.07) is 7.05. The lowest BCUT2D eigenvalue weighted by Crippen LogP contribution is -2.39. The fourth-order valence-corrected chi connectivity index (χ4v) is 2.52. The van der Waals surface area contributed by atoms with Gasteiger partial charge in [0.1, 0.15) is 0 Å². The third-order valence-electron chi connectivity index (χ3n) is 3.05. The molecule has 2 atom stereocenters. The lowest BCUT2D eigenvalue weighted by molar-refractivity contribution is -0.546. The van der Waals surface area contributed by atoms with E-state index in [2.05, 4.69) is 0 Å². The van der Waals surface area contributed by atoms with E-state index >= 15 is 0 Å². The average Bonchev–Trinajstić information content (AvgIpc) is 2.31. The van der Waals surface area contributed by atoms with Gasteiger partial charge in [0.15, 0.2) is 0 Å². The minimum atomic E-state index is -1.44. The minimum absolute atomic E-state index is 0.245. The van der Waals surface area contributed by atoms with E-state index in [1.807, 2.05) is 6.08 Å². The van der Waals surface area contributed by atoms with Gasteiger partial charge in [-0.1, -0.05) is 35.9 Å². The van der Waals surface area contributed by atoms with Gasteiger partial charge < -0.3 is 0 Å². The van der Waals surface area contributed by atoms with Crippen LogP contribution in [0.2, 0.25) is 5.02 Å². The van der Waals surface area contributed by atoms with Crippen molar-refractivity contribution in [2.45, 2.75) is 23.8 Å². The predicted octanol–water partition coefficient (Wildman–Crippen LogP) is 3.99. The van der Waals surface area contributed by atoms with Crippen molar-refractivity contribution in [3.63, 3.8) is 0 Å². The molecule has 0 saturated heterocycles. The first-order chi connectivity index (χ1) is 8.04. The molecule has 0 aliphatic heterocycles. The van der Waals surface area contributed by atoms with E-state index in [4.69, 9.17) is 23.2 Å². The van der Waals surface area contributed by atoms with E-state index in [1.165, 1.54) is 0 Å². The summed E-state index contributed by atoms with van der Waals surface area (Å²) in [6.45, 7) is 0. The van der Waals surface area contributed by atoms with Gasteiger partial charge in [0.25, 0.3) is 0 Å². The molecule has 3 nitrogen and oxygen atoms in total. The Morgan fingerprint density at radius 3 is 2.53 bits per heavy atom. The molecule has 0 saturated carbocycles. The molecule has 0 fully saturated rings. The van der Waals surface area contributed by atoms with Gasteiger partial charge in [-0.2, -0.15) is 0 Å². The smallest absolute Gasteiger partial charge is 0.263 e. The second kappa shape index (κ2) is 4.67. The highest BCUT2D eigenvalue weighted by molar-refractivity contribution is 6.30. The van der Waals surface area contributed by atoms with Crippen molar-refractivity contribution in [3.8, 4) is 0 Å². The number of hydrogen-bond donors (Lipinski definition) is 0. The van der Waals surface area contributed by atoms with Crippen LogP contribution in [0.1, 0.15) is 24.3 Å². The first kappa shape index (κ1) is 12.4. The van der Waals surface area contributed by atoms with Gasteiger partial charge in [-0.15, -0.1) is 0 Å². The van der Waals surface area contributed by atoms with Gasteiger partial charge in [-0.05, 0) is 35.7 Å². The van der Waals surface area contributed by atoms with Crippen LogP contribution in [0.4, 0.5) is 0 Å². The van der Waals surface area contributed by atoms with Crippen LogP contribution in [0.15, 0.2) is 36.4 Å². The monoisotopic (exact) mass is 271 g/mol. The van der Waals surface area contributed by atoms with Crippen molar-refractivity contribution in [2.24, 2.45) is 0 Å². The highest BCUT2D eigenvalue weighted by Gasteiger charge is 2.49. The zero-order valence-electron chi connectivity index (χ0n) is 8.98. The number of halogens is 2. The van der Waals surface area contributed by atoms with E-state index in [1.54, 1.807) is 30.3 Å². The summed E-state index contributed by atoms with van der Waals surface area (Å²) in [7, 11) is 0. The van der Waals surface area contributed by atoms with Crippen LogP contribution in [0.25, 0.3) is 0 Å². The van der Waals surface area contributed by atoms with Crippen molar-refractivity contribution in [1.29, 1.82) is 0 Å². The summed E-state index contributed by atoms with van der Waals surface area (Å²) in [5.74, 6) is -0.318. The number of hydrogen-bond acceptors (Lipinski definition) is 2. The van der Waals surface area contributed by atoms with E-state index < -0.39 is 9.92 Å². The van der Waals surface area contributed by atoms with Crippen LogP contribution in [-0.2, 0) is 0 Å². The van der Waals surface area contributed by atoms with E-state index in [-0.39, 0.29) is 12.3 Å². The third-order valence-corrected chi connectivity index (χ3v) is 3.86. The van der Waals surface area contributed by atoms with E-state index in [0.29, 0.717) is 11.4 Å². The Bertz CT molecular complexity index is 458. The highest BCUT2D eigenvalue weighted by atomic mass is 35.5. The number of nitrogens with zero attached hydrogens (tertiary/aromatic N) is 1. The SMILES string of the molecule is O=[N+]([O-])C1(Cl)CC=CCC1c1ccc(Cl)cc1. The summed E-state index contributed by atoms with van der Waals surface area (Å²) in [5.41, 5.74) is 0.852. The Kier molecular flexibility index (Phi) is 3.40. The van der Waals surface area contributed by atoms with Crippen molar-refractivity contribution in [3.05, 3.63) is 57.1 Å². The summed E-state index contributed by atoms with van der Waals surface area (Å²) >= 11 is 12.0. The molecule has 90 valence electrons. The molecule has 5 heteroatoms. The molecule has 0 amide bonds. The maximum Gasteiger partial charge on any atom is 0.305 e. The largest absolute Gasteiger partial charge is 0.305 e. The molecular formula is C12H11Cl2NO2. The molecule has 17 heavy (non-hydrogen) atoms. The first-order valence-electron chi connectivity index (χ1n) is 5.28. The Balaban J connectivity index is 2.38. The Morgan fingerprint density at radius 1 is 1.29 bits per heavy atom. The summed E-state index contributed by atoms with van der Waals surface area (Å²) in [5, 5.41) is 11.8. The minimum Gasteiger partial charge on any atom is -0.263 e. The number of nitro groups is 1. The van der Waals surface area contributed by atoms with Crippen molar-refractivity contribution in [2.75, 3.05) is 0 Å². The van der Waals surface area contributed by atoms with Crippen LogP contribution >= 0.6 is 23.2 Å². The molecule has 1 aromatic carbocycles. The fraction of sp³-hybridized carbons (Fsp3) is 0.333. The molecule has 0 radical (unpaired) electrons. The maximum absolute atomic E-state index is 11.1. The van der Waals surface area contributed by atoms with Crippen LogP contribution in [0.5, 0.6) is 0 Å². The van der Waals surface area contributed by atoms with Gasteiger partial charge in [0, 0.05) is 9.95 Å². The molecule has 1 aliphatic rings. The molecule has 0 N–H and O–H groups in total. The fourth-order valence-electron chi connectivity index (χ4n) is 2.09.